The minimum absolute atomic E-state index is 0.0436. The molecule has 2 saturated carbocycles. The van der Waals surface area contributed by atoms with Crippen molar-refractivity contribution in [3.63, 3.8) is 0 Å². The van der Waals surface area contributed by atoms with E-state index in [2.05, 4.69) is 5.32 Å². The number of aliphatic hydroxyl groups is 1. The van der Waals surface area contributed by atoms with E-state index in [1.807, 2.05) is 0 Å². The van der Waals surface area contributed by atoms with E-state index in [1.54, 1.807) is 6.92 Å². The van der Waals surface area contributed by atoms with Crippen LogP contribution in [0.1, 0.15) is 84.0 Å². The Balaban J connectivity index is 2.00. The molecular formula is C22H37NO6. The lowest BCUT2D eigenvalue weighted by atomic mass is 9.75. The maximum Gasteiger partial charge on any atom is 0.308 e. The molecule has 3 atom stereocenters. The number of hydrogen-bond donors (Lipinski definition) is 3. The number of aliphatic hydroxyl groups excluding tert-OH is 1. The summed E-state index contributed by atoms with van der Waals surface area (Å²) in [6, 6.07) is -0.0548. The highest BCUT2D eigenvalue weighted by Crippen LogP contribution is 2.44. The molecule has 2 aliphatic rings. The second kappa shape index (κ2) is 11.5. The van der Waals surface area contributed by atoms with Crippen molar-refractivity contribution in [2.24, 2.45) is 17.3 Å². The van der Waals surface area contributed by atoms with Crippen molar-refractivity contribution in [2.45, 2.75) is 90.0 Å². The van der Waals surface area contributed by atoms with E-state index >= 15 is 0 Å². The number of carboxylic acid groups (broad SMARTS) is 1. The van der Waals surface area contributed by atoms with Gasteiger partial charge in [0, 0.05) is 12.6 Å². The molecule has 2 rings (SSSR count). The third-order valence-corrected chi connectivity index (χ3v) is 6.62. The minimum Gasteiger partial charge on any atom is -0.481 e. The Kier molecular flexibility index (Phi) is 9.40. The third-order valence-electron chi connectivity index (χ3n) is 6.62. The Morgan fingerprint density at radius 2 is 1.86 bits per heavy atom. The molecule has 7 nitrogen and oxygen atoms in total. The fourth-order valence-corrected chi connectivity index (χ4v) is 5.00. The van der Waals surface area contributed by atoms with Crippen molar-refractivity contribution in [1.29, 1.82) is 0 Å². The molecule has 0 bridgehead atoms. The van der Waals surface area contributed by atoms with Gasteiger partial charge in [0.25, 0.3) is 0 Å². The first kappa shape index (κ1) is 23.6. The number of amides is 1. The van der Waals surface area contributed by atoms with Gasteiger partial charge in [-0.3, -0.25) is 14.4 Å². The summed E-state index contributed by atoms with van der Waals surface area (Å²) >= 11 is 0. The van der Waals surface area contributed by atoms with Gasteiger partial charge in [-0.15, -0.1) is 0 Å². The van der Waals surface area contributed by atoms with Crippen LogP contribution in [0.3, 0.4) is 0 Å². The Bertz CT molecular complexity index is 558. The molecule has 0 aromatic heterocycles. The van der Waals surface area contributed by atoms with E-state index in [0.717, 1.165) is 44.9 Å². The summed E-state index contributed by atoms with van der Waals surface area (Å²) in [5, 5.41) is 21.8. The lowest BCUT2D eigenvalue weighted by Gasteiger charge is -2.35. The third kappa shape index (κ3) is 6.69. The number of unbranched alkanes of at least 4 members (excludes halogenated alkanes) is 1. The van der Waals surface area contributed by atoms with Crippen LogP contribution in [0.15, 0.2) is 0 Å². The Hall–Kier alpha value is -1.63. The van der Waals surface area contributed by atoms with Crippen LogP contribution in [0.4, 0.5) is 0 Å². The summed E-state index contributed by atoms with van der Waals surface area (Å²) in [5.41, 5.74) is -0.626. The average Bonchev–Trinajstić information content (AvgIpc) is 3.17. The van der Waals surface area contributed by atoms with E-state index in [1.165, 1.54) is 0 Å². The SMILES string of the molecule is CCOC(=O)[C@@H]1CCC[C@H](NC(=O)C2(CC(CCCCO)C(=O)O)CCCC2)C1. The second-order valence-corrected chi connectivity index (χ2v) is 8.73. The highest BCUT2D eigenvalue weighted by molar-refractivity contribution is 5.84. The first-order valence-electron chi connectivity index (χ1n) is 11.2. The maximum absolute atomic E-state index is 13.3. The van der Waals surface area contributed by atoms with Gasteiger partial charge >= 0.3 is 11.9 Å². The lowest BCUT2D eigenvalue weighted by Crippen LogP contribution is -2.47. The van der Waals surface area contributed by atoms with Gasteiger partial charge in [0.2, 0.25) is 5.91 Å². The molecule has 0 heterocycles. The van der Waals surface area contributed by atoms with Crippen LogP contribution < -0.4 is 5.32 Å². The number of carbonyl (C=O) groups excluding carboxylic acids is 2. The highest BCUT2D eigenvalue weighted by atomic mass is 16.5. The first-order chi connectivity index (χ1) is 13.9. The van der Waals surface area contributed by atoms with Gasteiger partial charge in [0.15, 0.2) is 0 Å². The number of ether oxygens (including phenoxy) is 1. The number of hydrogen-bond acceptors (Lipinski definition) is 5. The quantitative estimate of drug-likeness (QED) is 0.356. The van der Waals surface area contributed by atoms with Crippen LogP contribution in [0.2, 0.25) is 0 Å². The molecule has 2 fully saturated rings. The molecule has 0 spiro atoms. The standard InChI is InChI=1S/C22H37NO6/c1-2-29-20(27)16-9-7-10-18(14-16)23-21(28)22(11-4-5-12-22)15-17(19(25)26)8-3-6-13-24/h16-18,24H,2-15H2,1H3,(H,23,28)(H,25,26)/t16-,17?,18+/m1/s1. The van der Waals surface area contributed by atoms with E-state index in [-0.39, 0.29) is 30.4 Å². The molecule has 1 unspecified atom stereocenters. The molecule has 1 amide bonds. The smallest absolute Gasteiger partial charge is 0.308 e. The fraction of sp³-hybridized carbons (Fsp3) is 0.864. The molecule has 2 aliphatic carbocycles. The van der Waals surface area contributed by atoms with E-state index in [0.29, 0.717) is 38.7 Å². The Labute approximate surface area is 173 Å². The zero-order valence-electron chi connectivity index (χ0n) is 17.7. The van der Waals surface area contributed by atoms with Crippen molar-refractivity contribution >= 4 is 17.8 Å². The van der Waals surface area contributed by atoms with Crippen LogP contribution in [0.25, 0.3) is 0 Å². The minimum atomic E-state index is -0.859. The van der Waals surface area contributed by atoms with Gasteiger partial charge in [0.1, 0.15) is 0 Å². The van der Waals surface area contributed by atoms with Crippen molar-refractivity contribution in [3.8, 4) is 0 Å². The summed E-state index contributed by atoms with van der Waals surface area (Å²) in [7, 11) is 0. The molecule has 0 aromatic carbocycles. The molecule has 166 valence electrons. The van der Waals surface area contributed by atoms with E-state index in [4.69, 9.17) is 9.84 Å². The van der Waals surface area contributed by atoms with Crippen molar-refractivity contribution < 1.29 is 29.3 Å². The topological polar surface area (TPSA) is 113 Å². The summed E-state index contributed by atoms with van der Waals surface area (Å²) in [6.07, 6.45) is 8.49. The summed E-state index contributed by atoms with van der Waals surface area (Å²) in [4.78, 5) is 37.1. The monoisotopic (exact) mass is 411 g/mol. The number of carboxylic acids is 1. The fourth-order valence-electron chi connectivity index (χ4n) is 5.00. The molecule has 0 aromatic rings. The molecule has 7 heteroatoms. The van der Waals surface area contributed by atoms with Crippen LogP contribution in [-0.4, -0.2) is 47.3 Å². The van der Waals surface area contributed by atoms with Crippen LogP contribution in [0.5, 0.6) is 0 Å². The number of aliphatic carboxylic acids is 1. The number of nitrogens with one attached hydrogen (secondary N) is 1. The zero-order valence-corrected chi connectivity index (χ0v) is 17.7. The summed E-state index contributed by atoms with van der Waals surface area (Å²) in [6.45, 7) is 2.22. The molecule has 0 aliphatic heterocycles. The number of rotatable bonds is 11. The predicted molar refractivity (Wildman–Crippen MR) is 108 cm³/mol. The van der Waals surface area contributed by atoms with E-state index in [9.17, 15) is 19.5 Å². The average molecular weight is 412 g/mol. The normalized spacial score (nSPS) is 24.6. The van der Waals surface area contributed by atoms with Gasteiger partial charge in [-0.1, -0.05) is 25.7 Å². The van der Waals surface area contributed by atoms with Crippen molar-refractivity contribution in [2.75, 3.05) is 13.2 Å². The van der Waals surface area contributed by atoms with Gasteiger partial charge < -0.3 is 20.3 Å². The molecular weight excluding hydrogens is 374 g/mol. The lowest BCUT2D eigenvalue weighted by molar-refractivity contribution is -0.150. The Morgan fingerprint density at radius 3 is 2.48 bits per heavy atom. The van der Waals surface area contributed by atoms with Gasteiger partial charge in [-0.05, 0) is 58.3 Å². The largest absolute Gasteiger partial charge is 0.481 e. The highest BCUT2D eigenvalue weighted by Gasteiger charge is 2.45. The van der Waals surface area contributed by atoms with Crippen molar-refractivity contribution in [1.82, 2.24) is 5.32 Å². The van der Waals surface area contributed by atoms with Crippen molar-refractivity contribution in [3.05, 3.63) is 0 Å². The van der Waals surface area contributed by atoms with Gasteiger partial charge in [0.05, 0.1) is 23.9 Å². The molecule has 0 saturated heterocycles. The Morgan fingerprint density at radius 1 is 1.14 bits per heavy atom. The predicted octanol–water partition coefficient (Wildman–Crippen LogP) is 3.04. The van der Waals surface area contributed by atoms with E-state index < -0.39 is 17.3 Å². The first-order valence-corrected chi connectivity index (χ1v) is 11.2. The second-order valence-electron chi connectivity index (χ2n) is 8.73. The van der Waals surface area contributed by atoms with Crippen LogP contribution in [-0.2, 0) is 19.1 Å². The van der Waals surface area contributed by atoms with Gasteiger partial charge in [-0.25, -0.2) is 0 Å². The summed E-state index contributed by atoms with van der Waals surface area (Å²) < 4.78 is 5.15. The van der Waals surface area contributed by atoms with Crippen LogP contribution in [0, 0.1) is 17.3 Å². The zero-order chi connectivity index (χ0) is 21.3. The maximum atomic E-state index is 13.3. The number of esters is 1. The number of carbonyl (C=O) groups is 3. The summed E-state index contributed by atoms with van der Waals surface area (Å²) in [5.74, 6) is -1.82. The molecule has 3 N–H and O–H groups in total. The van der Waals surface area contributed by atoms with Crippen LogP contribution >= 0.6 is 0 Å². The van der Waals surface area contributed by atoms with Gasteiger partial charge in [-0.2, -0.15) is 0 Å². The molecule has 0 radical (unpaired) electrons. The molecule has 29 heavy (non-hydrogen) atoms.